The summed E-state index contributed by atoms with van der Waals surface area (Å²) in [4.78, 5) is 27.7. The van der Waals surface area contributed by atoms with Gasteiger partial charge in [0.2, 0.25) is 11.8 Å². The van der Waals surface area contributed by atoms with E-state index >= 15 is 0 Å². The van der Waals surface area contributed by atoms with Crippen LogP contribution < -0.4 is 5.32 Å². The lowest BCUT2D eigenvalue weighted by atomic mass is 9.73. The molecular weight excluding hydrogens is 441 g/mol. The first-order valence-electron chi connectivity index (χ1n) is 11.1. The fraction of sp³-hybridized carbons (Fsp3) is 0.259. The van der Waals surface area contributed by atoms with Gasteiger partial charge in [0, 0.05) is 13.1 Å². The van der Waals surface area contributed by atoms with E-state index in [1.165, 1.54) is 6.07 Å². The molecule has 0 atom stereocenters. The second-order valence-electron chi connectivity index (χ2n) is 8.41. The lowest BCUT2D eigenvalue weighted by molar-refractivity contribution is -0.137. The van der Waals surface area contributed by atoms with Gasteiger partial charge in [0.15, 0.2) is 0 Å². The summed E-state index contributed by atoms with van der Waals surface area (Å²) in [6.07, 6.45) is -3.58. The van der Waals surface area contributed by atoms with Gasteiger partial charge in [0.1, 0.15) is 5.41 Å². The van der Waals surface area contributed by atoms with Gasteiger partial charge >= 0.3 is 6.18 Å². The molecule has 0 unspecified atom stereocenters. The number of nitrogens with zero attached hydrogens (tertiary/aromatic N) is 1. The van der Waals surface area contributed by atoms with Crippen molar-refractivity contribution in [2.24, 2.45) is 0 Å². The van der Waals surface area contributed by atoms with Crippen molar-refractivity contribution in [3.8, 4) is 0 Å². The zero-order chi connectivity index (χ0) is 24.2. The Kier molecular flexibility index (Phi) is 6.72. The van der Waals surface area contributed by atoms with Crippen molar-refractivity contribution in [1.82, 2.24) is 10.2 Å². The van der Waals surface area contributed by atoms with Gasteiger partial charge in [0.05, 0.1) is 12.1 Å². The Hall–Kier alpha value is -3.61. The summed E-state index contributed by atoms with van der Waals surface area (Å²) < 4.78 is 38.6. The minimum atomic E-state index is -4.40. The molecule has 1 aliphatic heterocycles. The second-order valence-corrected chi connectivity index (χ2v) is 8.41. The zero-order valence-electron chi connectivity index (χ0n) is 18.5. The summed E-state index contributed by atoms with van der Waals surface area (Å²) in [5.74, 6) is -0.463. The first kappa shape index (κ1) is 23.5. The van der Waals surface area contributed by atoms with Gasteiger partial charge < -0.3 is 10.2 Å². The molecule has 0 aliphatic carbocycles. The maximum absolute atomic E-state index is 13.6. The predicted molar refractivity (Wildman–Crippen MR) is 123 cm³/mol. The normalized spacial score (nSPS) is 15.4. The largest absolute Gasteiger partial charge is 0.416 e. The minimum Gasteiger partial charge on any atom is -0.354 e. The summed E-state index contributed by atoms with van der Waals surface area (Å²) >= 11 is 0. The van der Waals surface area contributed by atoms with Crippen molar-refractivity contribution in [1.29, 1.82) is 0 Å². The van der Waals surface area contributed by atoms with Gasteiger partial charge in [-0.05, 0) is 35.6 Å². The summed E-state index contributed by atoms with van der Waals surface area (Å²) in [5.41, 5.74) is 0.704. The molecule has 0 radical (unpaired) electrons. The topological polar surface area (TPSA) is 49.4 Å². The first-order chi connectivity index (χ1) is 16.3. The molecular formula is C27H25F3N2O2. The van der Waals surface area contributed by atoms with E-state index < -0.39 is 17.2 Å². The number of carbonyl (C=O) groups excluding carboxylic acids is 2. The number of carbonyl (C=O) groups is 2. The molecule has 4 nitrogen and oxygen atoms in total. The predicted octanol–water partition coefficient (Wildman–Crippen LogP) is 4.58. The van der Waals surface area contributed by atoms with Crippen LogP contribution >= 0.6 is 0 Å². The molecule has 1 fully saturated rings. The van der Waals surface area contributed by atoms with Gasteiger partial charge in [-0.15, -0.1) is 0 Å². The molecule has 1 heterocycles. The van der Waals surface area contributed by atoms with Crippen LogP contribution in [0.2, 0.25) is 0 Å². The van der Waals surface area contributed by atoms with E-state index in [1.807, 2.05) is 60.7 Å². The third-order valence-electron chi connectivity index (χ3n) is 6.27. The third-order valence-corrected chi connectivity index (χ3v) is 6.27. The summed E-state index contributed by atoms with van der Waals surface area (Å²) in [5, 5.41) is 2.73. The Morgan fingerprint density at radius 3 is 2.12 bits per heavy atom. The molecule has 3 aromatic carbocycles. The van der Waals surface area contributed by atoms with Gasteiger partial charge in [-0.25, -0.2) is 0 Å². The van der Waals surface area contributed by atoms with Crippen LogP contribution in [0.1, 0.15) is 28.7 Å². The molecule has 3 aromatic rings. The van der Waals surface area contributed by atoms with E-state index in [0.29, 0.717) is 18.5 Å². The van der Waals surface area contributed by atoms with Crippen LogP contribution in [-0.4, -0.2) is 36.3 Å². The molecule has 1 saturated heterocycles. The lowest BCUT2D eigenvalue weighted by Crippen LogP contribution is -2.43. The molecule has 0 spiro atoms. The van der Waals surface area contributed by atoms with E-state index in [0.717, 1.165) is 23.3 Å². The van der Waals surface area contributed by atoms with Gasteiger partial charge in [-0.1, -0.05) is 78.9 Å². The molecule has 176 valence electrons. The summed E-state index contributed by atoms with van der Waals surface area (Å²) in [6, 6.07) is 24.2. The van der Waals surface area contributed by atoms with Crippen LogP contribution in [0.15, 0.2) is 84.9 Å². The Balaban J connectivity index is 1.41. The van der Waals surface area contributed by atoms with Crippen molar-refractivity contribution in [3.05, 3.63) is 107 Å². The average Bonchev–Trinajstić information content (AvgIpc) is 3.16. The number of halogens is 3. The molecule has 7 heteroatoms. The molecule has 34 heavy (non-hydrogen) atoms. The number of rotatable bonds is 7. The van der Waals surface area contributed by atoms with Crippen molar-refractivity contribution >= 4 is 11.8 Å². The van der Waals surface area contributed by atoms with E-state index in [2.05, 4.69) is 5.32 Å². The Morgan fingerprint density at radius 2 is 1.53 bits per heavy atom. The van der Waals surface area contributed by atoms with E-state index in [4.69, 9.17) is 0 Å². The highest BCUT2D eigenvalue weighted by molar-refractivity contribution is 5.96. The number of hydrogen-bond donors (Lipinski definition) is 1. The molecule has 1 aliphatic rings. The monoisotopic (exact) mass is 466 g/mol. The van der Waals surface area contributed by atoms with E-state index in [-0.39, 0.29) is 31.3 Å². The lowest BCUT2D eigenvalue weighted by Gasteiger charge is -2.29. The standard InChI is InChI=1S/C27H25F3N2O2/c28-27(29,30)23-13-7-8-20(18-23)14-16-31-24(33)19-32-17-15-26(25(32)34,21-9-3-1-4-10-21)22-11-5-2-6-12-22/h1-13,18H,14-17,19H2,(H,31,33). The number of likely N-dealkylation sites (tertiary alicyclic amines) is 1. The maximum Gasteiger partial charge on any atom is 0.416 e. The Bertz CT molecular complexity index is 1110. The third kappa shape index (κ3) is 4.83. The number of nitrogens with one attached hydrogen (secondary N) is 1. The highest BCUT2D eigenvalue weighted by atomic mass is 19.4. The molecule has 2 amide bonds. The van der Waals surface area contributed by atoms with Crippen LogP contribution in [-0.2, 0) is 27.6 Å². The molecule has 1 N–H and O–H groups in total. The quantitative estimate of drug-likeness (QED) is 0.554. The van der Waals surface area contributed by atoms with Crippen molar-refractivity contribution in [3.63, 3.8) is 0 Å². The number of benzene rings is 3. The molecule has 0 saturated carbocycles. The Labute approximate surface area is 196 Å². The highest BCUT2D eigenvalue weighted by Gasteiger charge is 2.49. The molecule has 0 aromatic heterocycles. The maximum atomic E-state index is 13.6. The van der Waals surface area contributed by atoms with Gasteiger partial charge in [-0.2, -0.15) is 13.2 Å². The van der Waals surface area contributed by atoms with Crippen LogP contribution in [0.3, 0.4) is 0 Å². The second kappa shape index (κ2) is 9.71. The molecule has 0 bridgehead atoms. The van der Waals surface area contributed by atoms with E-state index in [1.54, 1.807) is 11.0 Å². The van der Waals surface area contributed by atoms with Crippen LogP contribution in [0.25, 0.3) is 0 Å². The fourth-order valence-electron chi connectivity index (χ4n) is 4.56. The van der Waals surface area contributed by atoms with Crippen molar-refractivity contribution in [2.75, 3.05) is 19.6 Å². The first-order valence-corrected chi connectivity index (χ1v) is 11.1. The minimum absolute atomic E-state index is 0.0944. The summed E-state index contributed by atoms with van der Waals surface area (Å²) in [7, 11) is 0. The highest BCUT2D eigenvalue weighted by Crippen LogP contribution is 2.41. The number of amides is 2. The SMILES string of the molecule is O=C(CN1CCC(c2ccccc2)(c2ccccc2)C1=O)NCCc1cccc(C(F)(F)F)c1. The molecule has 4 rings (SSSR count). The van der Waals surface area contributed by atoms with Crippen LogP contribution in [0.4, 0.5) is 13.2 Å². The fourth-order valence-corrected chi connectivity index (χ4v) is 4.56. The summed E-state index contributed by atoms with van der Waals surface area (Å²) in [6.45, 7) is 0.525. The van der Waals surface area contributed by atoms with Crippen LogP contribution in [0, 0.1) is 0 Å². The van der Waals surface area contributed by atoms with Crippen molar-refractivity contribution < 1.29 is 22.8 Å². The van der Waals surface area contributed by atoms with Crippen LogP contribution in [0.5, 0.6) is 0 Å². The van der Waals surface area contributed by atoms with E-state index in [9.17, 15) is 22.8 Å². The smallest absolute Gasteiger partial charge is 0.354 e. The number of hydrogen-bond acceptors (Lipinski definition) is 2. The van der Waals surface area contributed by atoms with Gasteiger partial charge in [0.25, 0.3) is 0 Å². The average molecular weight is 467 g/mol. The zero-order valence-corrected chi connectivity index (χ0v) is 18.5. The Morgan fingerprint density at radius 1 is 0.912 bits per heavy atom. The van der Waals surface area contributed by atoms with Crippen molar-refractivity contribution in [2.45, 2.75) is 24.4 Å². The van der Waals surface area contributed by atoms with Gasteiger partial charge in [-0.3, -0.25) is 9.59 Å². The number of alkyl halides is 3.